The Kier molecular flexibility index (Phi) is 2.42. The Balaban J connectivity index is 2.48. The summed E-state index contributed by atoms with van der Waals surface area (Å²) in [6.45, 7) is 6.36. The van der Waals surface area contributed by atoms with Crippen LogP contribution < -0.4 is 0 Å². The fourth-order valence-electron chi connectivity index (χ4n) is 1.53. The molecule has 2 heterocycles. The maximum absolute atomic E-state index is 4.57. The molecule has 2 rings (SSSR count). The molecule has 0 radical (unpaired) electrons. The summed E-state index contributed by atoms with van der Waals surface area (Å²) in [4.78, 5) is 4.57. The molecule has 0 aromatic carbocycles. The summed E-state index contributed by atoms with van der Waals surface area (Å²) in [5.74, 6) is 0. The molecule has 14 heavy (non-hydrogen) atoms. The second kappa shape index (κ2) is 3.58. The van der Waals surface area contributed by atoms with Crippen LogP contribution in [0, 0.1) is 13.8 Å². The van der Waals surface area contributed by atoms with Crippen LogP contribution in [-0.2, 0) is 6.42 Å². The number of nitrogens with zero attached hydrogens (tertiary/aromatic N) is 2. The predicted octanol–water partition coefficient (Wildman–Crippen LogP) is 3.11. The molecule has 0 amide bonds. The molecule has 0 aliphatic heterocycles. The van der Waals surface area contributed by atoms with E-state index >= 15 is 0 Å². The summed E-state index contributed by atoms with van der Waals surface area (Å²) in [5, 5.41) is 3.22. The molecule has 0 saturated carbocycles. The zero-order chi connectivity index (χ0) is 10.1. The van der Waals surface area contributed by atoms with Gasteiger partial charge in [-0.25, -0.2) is 4.98 Å². The molecule has 0 spiro atoms. The highest BCUT2D eigenvalue weighted by Crippen LogP contribution is 2.20. The quantitative estimate of drug-likeness (QED) is 0.738. The van der Waals surface area contributed by atoms with E-state index < -0.39 is 0 Å². The molecule has 0 saturated heterocycles. The molecule has 0 fully saturated rings. The average molecular weight is 206 g/mol. The molecule has 0 aliphatic carbocycles. The van der Waals surface area contributed by atoms with Crippen LogP contribution in [0.15, 0.2) is 17.5 Å². The van der Waals surface area contributed by atoms with Crippen molar-refractivity contribution >= 4 is 11.3 Å². The molecule has 2 nitrogen and oxygen atoms in total. The van der Waals surface area contributed by atoms with Gasteiger partial charge in [0.15, 0.2) is 5.13 Å². The van der Waals surface area contributed by atoms with Crippen molar-refractivity contribution in [3.63, 3.8) is 0 Å². The summed E-state index contributed by atoms with van der Waals surface area (Å²) >= 11 is 1.71. The first-order valence-corrected chi connectivity index (χ1v) is 5.70. The Morgan fingerprint density at radius 3 is 2.43 bits per heavy atom. The van der Waals surface area contributed by atoms with Crippen molar-refractivity contribution in [3.05, 3.63) is 34.6 Å². The molecule has 3 heteroatoms. The lowest BCUT2D eigenvalue weighted by atomic mass is 10.4. The minimum Gasteiger partial charge on any atom is -0.295 e. The van der Waals surface area contributed by atoms with Crippen LogP contribution in [0.4, 0.5) is 0 Å². The summed E-state index contributed by atoms with van der Waals surface area (Å²) in [6.07, 6.45) is 1.01. The van der Waals surface area contributed by atoms with E-state index in [1.54, 1.807) is 11.3 Å². The summed E-state index contributed by atoms with van der Waals surface area (Å²) < 4.78 is 2.20. The molecule has 2 aromatic heterocycles. The van der Waals surface area contributed by atoms with Gasteiger partial charge in [-0.05, 0) is 32.4 Å². The van der Waals surface area contributed by atoms with Crippen molar-refractivity contribution < 1.29 is 0 Å². The standard InChI is InChI=1S/C11H14N2S/c1-4-10-7-14-11(12-10)13-8(2)5-6-9(13)3/h5-7H,4H2,1-3H3. The monoisotopic (exact) mass is 206 g/mol. The topological polar surface area (TPSA) is 17.8 Å². The summed E-state index contributed by atoms with van der Waals surface area (Å²) in [6, 6.07) is 4.25. The van der Waals surface area contributed by atoms with Gasteiger partial charge in [-0.1, -0.05) is 6.92 Å². The lowest BCUT2D eigenvalue weighted by Crippen LogP contribution is -1.98. The van der Waals surface area contributed by atoms with Gasteiger partial charge in [0.2, 0.25) is 0 Å². The fraction of sp³-hybridized carbons (Fsp3) is 0.364. The minimum absolute atomic E-state index is 1.01. The van der Waals surface area contributed by atoms with Gasteiger partial charge in [-0.2, -0.15) is 0 Å². The second-order valence-corrected chi connectivity index (χ2v) is 4.26. The maximum Gasteiger partial charge on any atom is 0.194 e. The lowest BCUT2D eigenvalue weighted by Gasteiger charge is -2.03. The number of thiazole rings is 1. The Labute approximate surface area is 88.2 Å². The van der Waals surface area contributed by atoms with Crippen molar-refractivity contribution in [2.24, 2.45) is 0 Å². The van der Waals surface area contributed by atoms with Crippen molar-refractivity contribution in [3.8, 4) is 5.13 Å². The average Bonchev–Trinajstić information content (AvgIpc) is 2.73. The first-order valence-electron chi connectivity index (χ1n) is 4.82. The molecule has 0 aliphatic rings. The zero-order valence-electron chi connectivity index (χ0n) is 8.74. The predicted molar refractivity (Wildman–Crippen MR) is 60.3 cm³/mol. The number of hydrogen-bond donors (Lipinski definition) is 0. The maximum atomic E-state index is 4.57. The molecule has 0 N–H and O–H groups in total. The molecular formula is C11H14N2S. The van der Waals surface area contributed by atoms with E-state index in [2.05, 4.69) is 47.8 Å². The molecule has 74 valence electrons. The van der Waals surface area contributed by atoms with Gasteiger partial charge in [0, 0.05) is 16.8 Å². The van der Waals surface area contributed by atoms with Gasteiger partial charge >= 0.3 is 0 Å². The Morgan fingerprint density at radius 2 is 1.93 bits per heavy atom. The Morgan fingerprint density at radius 1 is 1.29 bits per heavy atom. The lowest BCUT2D eigenvalue weighted by molar-refractivity contribution is 0.929. The smallest absolute Gasteiger partial charge is 0.194 e. The third kappa shape index (κ3) is 1.48. The Hall–Kier alpha value is -1.09. The SMILES string of the molecule is CCc1csc(-n2c(C)ccc2C)n1. The van der Waals surface area contributed by atoms with E-state index in [-0.39, 0.29) is 0 Å². The van der Waals surface area contributed by atoms with E-state index in [1.165, 1.54) is 17.1 Å². The van der Waals surface area contributed by atoms with Gasteiger partial charge in [-0.15, -0.1) is 11.3 Å². The van der Waals surface area contributed by atoms with Gasteiger partial charge in [0.25, 0.3) is 0 Å². The highest BCUT2D eigenvalue weighted by molar-refractivity contribution is 7.12. The molecule has 0 unspecified atom stereocenters. The van der Waals surface area contributed by atoms with Gasteiger partial charge < -0.3 is 0 Å². The van der Waals surface area contributed by atoms with Crippen LogP contribution in [0.5, 0.6) is 0 Å². The molecule has 2 aromatic rings. The van der Waals surface area contributed by atoms with Gasteiger partial charge in [0.05, 0.1) is 5.69 Å². The van der Waals surface area contributed by atoms with Crippen molar-refractivity contribution in [1.82, 2.24) is 9.55 Å². The molecule has 0 bridgehead atoms. The third-order valence-electron chi connectivity index (χ3n) is 2.36. The Bertz CT molecular complexity index is 420. The van der Waals surface area contributed by atoms with Crippen molar-refractivity contribution in [1.29, 1.82) is 0 Å². The first kappa shape index (κ1) is 9.46. The number of aryl methyl sites for hydroxylation is 3. The summed E-state index contributed by atoms with van der Waals surface area (Å²) in [5.41, 5.74) is 3.68. The molecule has 0 atom stereocenters. The number of hydrogen-bond acceptors (Lipinski definition) is 2. The van der Waals surface area contributed by atoms with Crippen molar-refractivity contribution in [2.75, 3.05) is 0 Å². The van der Waals surface area contributed by atoms with Crippen LogP contribution in [0.25, 0.3) is 5.13 Å². The van der Waals surface area contributed by atoms with Gasteiger partial charge in [-0.3, -0.25) is 4.57 Å². The second-order valence-electron chi connectivity index (χ2n) is 3.43. The van der Waals surface area contributed by atoms with Crippen LogP contribution in [-0.4, -0.2) is 9.55 Å². The van der Waals surface area contributed by atoms with E-state index in [0.29, 0.717) is 0 Å². The van der Waals surface area contributed by atoms with Crippen LogP contribution >= 0.6 is 11.3 Å². The van der Waals surface area contributed by atoms with E-state index in [0.717, 1.165) is 11.6 Å². The van der Waals surface area contributed by atoms with E-state index in [9.17, 15) is 0 Å². The van der Waals surface area contributed by atoms with E-state index in [4.69, 9.17) is 0 Å². The van der Waals surface area contributed by atoms with Gasteiger partial charge in [0.1, 0.15) is 0 Å². The van der Waals surface area contributed by atoms with Crippen LogP contribution in [0.1, 0.15) is 24.0 Å². The molecular weight excluding hydrogens is 192 g/mol. The zero-order valence-corrected chi connectivity index (χ0v) is 9.56. The first-order chi connectivity index (χ1) is 6.72. The summed E-state index contributed by atoms with van der Waals surface area (Å²) in [7, 11) is 0. The van der Waals surface area contributed by atoms with Crippen molar-refractivity contribution in [2.45, 2.75) is 27.2 Å². The number of rotatable bonds is 2. The van der Waals surface area contributed by atoms with Crippen LogP contribution in [0.2, 0.25) is 0 Å². The number of aromatic nitrogens is 2. The largest absolute Gasteiger partial charge is 0.295 e. The minimum atomic E-state index is 1.01. The van der Waals surface area contributed by atoms with E-state index in [1.807, 2.05) is 0 Å². The normalized spacial score (nSPS) is 10.8. The van der Waals surface area contributed by atoms with Crippen LogP contribution in [0.3, 0.4) is 0 Å². The highest BCUT2D eigenvalue weighted by atomic mass is 32.1. The highest BCUT2D eigenvalue weighted by Gasteiger charge is 2.07. The fourth-order valence-corrected chi connectivity index (χ4v) is 2.56. The third-order valence-corrected chi connectivity index (χ3v) is 3.24.